The monoisotopic (exact) mass is 227 g/mol. The molecule has 0 N–H and O–H groups in total. The van der Waals surface area contributed by atoms with Crippen molar-refractivity contribution in [3.8, 4) is 0 Å². The summed E-state index contributed by atoms with van der Waals surface area (Å²) in [6.45, 7) is 3.35. The van der Waals surface area contributed by atoms with Gasteiger partial charge in [-0.15, -0.1) is 10.2 Å². The Morgan fingerprint density at radius 3 is 2.60 bits per heavy atom. The molecule has 82 valence electrons. The molecule has 2 saturated heterocycles. The highest BCUT2D eigenvalue weighted by molar-refractivity contribution is 7.13. The fraction of sp³-hybridized carbons (Fsp3) is 0.778. The van der Waals surface area contributed by atoms with Crippen LogP contribution in [0.2, 0.25) is 0 Å². The maximum absolute atomic E-state index is 5.67. The van der Waals surface area contributed by atoms with Crippen LogP contribution in [0.5, 0.6) is 0 Å². The Balaban J connectivity index is 1.65. The van der Waals surface area contributed by atoms with Crippen LogP contribution in [-0.2, 0) is 9.47 Å². The van der Waals surface area contributed by atoms with Crippen LogP contribution in [0.15, 0.2) is 5.51 Å². The van der Waals surface area contributed by atoms with Crippen molar-refractivity contribution in [3.63, 3.8) is 0 Å². The molecule has 2 aliphatic rings. The van der Waals surface area contributed by atoms with Crippen LogP contribution in [-0.4, -0.2) is 42.3 Å². The summed E-state index contributed by atoms with van der Waals surface area (Å²) >= 11 is 1.58. The first kappa shape index (κ1) is 9.50. The van der Waals surface area contributed by atoms with E-state index in [9.17, 15) is 0 Å². The maximum Gasteiger partial charge on any atom is 0.208 e. The van der Waals surface area contributed by atoms with Crippen LogP contribution in [0.3, 0.4) is 0 Å². The van der Waals surface area contributed by atoms with Gasteiger partial charge in [-0.2, -0.15) is 0 Å². The largest absolute Gasteiger partial charge is 0.347 e. The Bertz CT molecular complexity index is 314. The molecule has 0 aliphatic carbocycles. The number of rotatable bonds is 1. The van der Waals surface area contributed by atoms with Gasteiger partial charge in [-0.3, -0.25) is 0 Å². The smallest absolute Gasteiger partial charge is 0.208 e. The highest BCUT2D eigenvalue weighted by Crippen LogP contribution is 2.33. The predicted octanol–water partition coefficient (Wildman–Crippen LogP) is 0.881. The normalized spacial score (nSPS) is 24.9. The van der Waals surface area contributed by atoms with E-state index in [4.69, 9.17) is 9.47 Å². The zero-order valence-corrected chi connectivity index (χ0v) is 9.20. The van der Waals surface area contributed by atoms with Crippen molar-refractivity contribution < 1.29 is 9.47 Å². The number of hydrogen-bond donors (Lipinski definition) is 0. The van der Waals surface area contributed by atoms with Crippen LogP contribution in [0.1, 0.15) is 12.8 Å². The molecule has 0 saturated carbocycles. The number of piperidine rings is 1. The van der Waals surface area contributed by atoms with Gasteiger partial charge in [0.05, 0.1) is 13.2 Å². The van der Waals surface area contributed by atoms with E-state index in [1.54, 1.807) is 16.8 Å². The second-order valence-electron chi connectivity index (χ2n) is 3.82. The summed E-state index contributed by atoms with van der Waals surface area (Å²) in [5.74, 6) is -0.290. The van der Waals surface area contributed by atoms with E-state index in [1.807, 2.05) is 0 Å². The van der Waals surface area contributed by atoms with Crippen molar-refractivity contribution in [1.29, 1.82) is 0 Å². The SMILES string of the molecule is c1nnc(N2CCC3(CC2)OCCO3)s1. The zero-order chi connectivity index (χ0) is 10.1. The minimum atomic E-state index is -0.290. The molecule has 5 nitrogen and oxygen atoms in total. The van der Waals surface area contributed by atoms with Crippen molar-refractivity contribution >= 4 is 16.5 Å². The summed E-state index contributed by atoms with van der Waals surface area (Å²) in [6.07, 6.45) is 1.85. The lowest BCUT2D eigenvalue weighted by molar-refractivity contribution is -0.169. The molecule has 0 radical (unpaired) electrons. The molecular formula is C9H13N3O2S. The van der Waals surface area contributed by atoms with E-state index in [0.717, 1.165) is 44.3 Å². The minimum Gasteiger partial charge on any atom is -0.347 e. The lowest BCUT2D eigenvalue weighted by Crippen LogP contribution is -2.45. The van der Waals surface area contributed by atoms with Crippen molar-refractivity contribution in [2.45, 2.75) is 18.6 Å². The first-order valence-electron chi connectivity index (χ1n) is 5.17. The highest BCUT2D eigenvalue weighted by Gasteiger charge is 2.40. The summed E-state index contributed by atoms with van der Waals surface area (Å²) in [7, 11) is 0. The van der Waals surface area contributed by atoms with Gasteiger partial charge in [0, 0.05) is 25.9 Å². The van der Waals surface area contributed by atoms with Crippen LogP contribution in [0.4, 0.5) is 5.13 Å². The van der Waals surface area contributed by atoms with Gasteiger partial charge in [-0.05, 0) is 0 Å². The maximum atomic E-state index is 5.67. The van der Waals surface area contributed by atoms with Crippen molar-refractivity contribution in [2.24, 2.45) is 0 Å². The molecule has 2 aliphatic heterocycles. The number of anilines is 1. The van der Waals surface area contributed by atoms with Crippen LogP contribution in [0.25, 0.3) is 0 Å². The molecule has 6 heteroatoms. The van der Waals surface area contributed by atoms with E-state index in [2.05, 4.69) is 15.1 Å². The third-order valence-corrected chi connectivity index (χ3v) is 3.71. The Hall–Kier alpha value is -0.720. The third-order valence-electron chi connectivity index (χ3n) is 2.96. The van der Waals surface area contributed by atoms with Crippen LogP contribution < -0.4 is 4.90 Å². The van der Waals surface area contributed by atoms with Gasteiger partial charge in [0.15, 0.2) is 5.79 Å². The fourth-order valence-electron chi connectivity index (χ4n) is 2.13. The Labute approximate surface area is 92.0 Å². The Morgan fingerprint density at radius 2 is 2.00 bits per heavy atom. The third kappa shape index (κ3) is 1.73. The standard InChI is InChI=1S/C9H13N3O2S/c1-3-12(8-11-10-7-15-8)4-2-9(1)13-5-6-14-9/h7H,1-6H2. The summed E-state index contributed by atoms with van der Waals surface area (Å²) in [6, 6.07) is 0. The average Bonchev–Trinajstić information content (AvgIpc) is 2.91. The van der Waals surface area contributed by atoms with E-state index < -0.39 is 0 Å². The highest BCUT2D eigenvalue weighted by atomic mass is 32.1. The summed E-state index contributed by atoms with van der Waals surface area (Å²) < 4.78 is 11.3. The van der Waals surface area contributed by atoms with Crippen LogP contribution in [0, 0.1) is 0 Å². The van der Waals surface area contributed by atoms with Gasteiger partial charge < -0.3 is 14.4 Å². The quantitative estimate of drug-likeness (QED) is 0.713. The van der Waals surface area contributed by atoms with Gasteiger partial charge in [0.2, 0.25) is 5.13 Å². The predicted molar refractivity (Wildman–Crippen MR) is 56.0 cm³/mol. The molecule has 0 atom stereocenters. The molecule has 0 amide bonds. The van der Waals surface area contributed by atoms with E-state index in [-0.39, 0.29) is 5.79 Å². The summed E-state index contributed by atoms with van der Waals surface area (Å²) in [5.41, 5.74) is 1.77. The van der Waals surface area contributed by atoms with Crippen LogP contribution >= 0.6 is 11.3 Å². The molecule has 3 rings (SSSR count). The average molecular weight is 227 g/mol. The lowest BCUT2D eigenvalue weighted by atomic mass is 10.0. The van der Waals surface area contributed by atoms with Gasteiger partial charge in [-0.25, -0.2) is 0 Å². The van der Waals surface area contributed by atoms with E-state index in [0.29, 0.717) is 0 Å². The molecule has 3 heterocycles. The van der Waals surface area contributed by atoms with Crippen molar-refractivity contribution in [1.82, 2.24) is 10.2 Å². The molecule has 1 spiro atoms. The first-order valence-corrected chi connectivity index (χ1v) is 6.05. The van der Waals surface area contributed by atoms with Gasteiger partial charge in [-0.1, -0.05) is 11.3 Å². The number of nitrogens with zero attached hydrogens (tertiary/aromatic N) is 3. The Morgan fingerprint density at radius 1 is 1.27 bits per heavy atom. The minimum absolute atomic E-state index is 0.290. The number of ether oxygens (including phenoxy) is 2. The molecule has 0 aromatic carbocycles. The Kier molecular flexibility index (Phi) is 2.34. The van der Waals surface area contributed by atoms with Gasteiger partial charge in [0.1, 0.15) is 5.51 Å². The van der Waals surface area contributed by atoms with E-state index >= 15 is 0 Å². The van der Waals surface area contributed by atoms with E-state index in [1.165, 1.54) is 0 Å². The molecule has 2 fully saturated rings. The van der Waals surface area contributed by atoms with Crippen molar-refractivity contribution in [3.05, 3.63) is 5.51 Å². The number of hydrogen-bond acceptors (Lipinski definition) is 6. The molecule has 15 heavy (non-hydrogen) atoms. The van der Waals surface area contributed by atoms with Gasteiger partial charge >= 0.3 is 0 Å². The summed E-state index contributed by atoms with van der Waals surface area (Å²) in [5, 5.41) is 8.92. The molecule has 1 aromatic heterocycles. The first-order chi connectivity index (χ1) is 7.38. The molecular weight excluding hydrogens is 214 g/mol. The second kappa shape index (κ2) is 3.70. The molecule has 0 bridgehead atoms. The lowest BCUT2D eigenvalue weighted by Gasteiger charge is -2.37. The molecule has 0 unspecified atom stereocenters. The van der Waals surface area contributed by atoms with Gasteiger partial charge in [0.25, 0.3) is 0 Å². The number of aromatic nitrogens is 2. The zero-order valence-electron chi connectivity index (χ0n) is 8.39. The fourth-order valence-corrected chi connectivity index (χ4v) is 2.74. The summed E-state index contributed by atoms with van der Waals surface area (Å²) in [4.78, 5) is 2.24. The molecule has 1 aromatic rings. The van der Waals surface area contributed by atoms with Crippen molar-refractivity contribution in [2.75, 3.05) is 31.2 Å². The topological polar surface area (TPSA) is 47.5 Å². The second-order valence-corrected chi connectivity index (χ2v) is 4.63.